The van der Waals surface area contributed by atoms with E-state index >= 15 is 0 Å². The average Bonchev–Trinajstić information content (AvgIpc) is 3.06. The second kappa shape index (κ2) is 8.26. The first-order chi connectivity index (χ1) is 13.0. The zero-order chi connectivity index (χ0) is 19.4. The van der Waals surface area contributed by atoms with Gasteiger partial charge in [-0.2, -0.15) is 0 Å². The summed E-state index contributed by atoms with van der Waals surface area (Å²) in [5.41, 5.74) is 1.62. The summed E-state index contributed by atoms with van der Waals surface area (Å²) in [4.78, 5) is 29.5. The van der Waals surface area contributed by atoms with E-state index in [1.165, 1.54) is 7.11 Å². The van der Waals surface area contributed by atoms with Crippen molar-refractivity contribution in [2.45, 2.75) is 25.8 Å². The molecule has 0 unspecified atom stereocenters. The molecule has 2 amide bonds. The molecule has 1 aromatic heterocycles. The molecule has 0 saturated carbocycles. The molecule has 1 aromatic carbocycles. The first-order valence-electron chi connectivity index (χ1n) is 8.68. The van der Waals surface area contributed by atoms with Gasteiger partial charge in [0.2, 0.25) is 0 Å². The molecule has 7 nitrogen and oxygen atoms in total. The van der Waals surface area contributed by atoms with E-state index in [1.54, 1.807) is 24.3 Å². The number of imidazole rings is 1. The smallest absolute Gasteiger partial charge is 0.291 e. The molecule has 142 valence electrons. The van der Waals surface area contributed by atoms with Crippen molar-refractivity contribution in [1.82, 2.24) is 14.9 Å². The fraction of sp³-hybridized carbons (Fsp3) is 0.316. The van der Waals surface area contributed by atoms with E-state index in [-0.39, 0.29) is 17.6 Å². The van der Waals surface area contributed by atoms with Gasteiger partial charge in [-0.15, -0.1) is 6.58 Å². The van der Waals surface area contributed by atoms with Crippen LogP contribution in [0, 0.1) is 0 Å². The number of amides is 2. The standard InChI is InChI=1S/C19H21ClN4O3/c1-3-9-21-18(25)16-14-6-4-5-10-24(14)17(23-16)19(26)22-12-7-8-15(27-2)13(20)11-12/h3,7-8,11H,1,4-6,9-10H2,2H3,(H,21,25)(H,22,26). The van der Waals surface area contributed by atoms with Crippen LogP contribution in [0.4, 0.5) is 5.69 Å². The summed E-state index contributed by atoms with van der Waals surface area (Å²) in [5, 5.41) is 5.90. The number of benzene rings is 1. The van der Waals surface area contributed by atoms with Gasteiger partial charge in [0.15, 0.2) is 5.82 Å². The zero-order valence-corrected chi connectivity index (χ0v) is 15.8. The summed E-state index contributed by atoms with van der Waals surface area (Å²) in [5.74, 6) is 0.0590. The van der Waals surface area contributed by atoms with Gasteiger partial charge in [0.1, 0.15) is 11.4 Å². The van der Waals surface area contributed by atoms with Gasteiger partial charge in [0.25, 0.3) is 11.8 Å². The molecule has 1 aliphatic rings. The van der Waals surface area contributed by atoms with Gasteiger partial charge >= 0.3 is 0 Å². The van der Waals surface area contributed by atoms with E-state index < -0.39 is 0 Å². The molecule has 0 saturated heterocycles. The third kappa shape index (κ3) is 3.98. The van der Waals surface area contributed by atoms with Crippen LogP contribution in [0.5, 0.6) is 5.75 Å². The maximum Gasteiger partial charge on any atom is 0.291 e. The highest BCUT2D eigenvalue weighted by atomic mass is 35.5. The Balaban J connectivity index is 1.88. The number of hydrogen-bond donors (Lipinski definition) is 2. The predicted molar refractivity (Wildman–Crippen MR) is 104 cm³/mol. The maximum absolute atomic E-state index is 12.8. The summed E-state index contributed by atoms with van der Waals surface area (Å²) >= 11 is 6.11. The molecule has 8 heteroatoms. The van der Waals surface area contributed by atoms with Crippen molar-refractivity contribution < 1.29 is 14.3 Å². The lowest BCUT2D eigenvalue weighted by Gasteiger charge is -2.17. The summed E-state index contributed by atoms with van der Waals surface area (Å²) in [7, 11) is 1.52. The number of hydrogen-bond acceptors (Lipinski definition) is 4. The molecule has 2 N–H and O–H groups in total. The van der Waals surface area contributed by atoms with E-state index in [2.05, 4.69) is 22.2 Å². The van der Waals surface area contributed by atoms with E-state index in [0.29, 0.717) is 41.7 Å². The van der Waals surface area contributed by atoms with Crippen molar-refractivity contribution >= 4 is 29.1 Å². The van der Waals surface area contributed by atoms with Crippen LogP contribution >= 0.6 is 11.6 Å². The monoisotopic (exact) mass is 388 g/mol. The van der Waals surface area contributed by atoms with Gasteiger partial charge in [-0.3, -0.25) is 9.59 Å². The lowest BCUT2D eigenvalue weighted by Crippen LogP contribution is -2.25. The van der Waals surface area contributed by atoms with Gasteiger partial charge in [-0.1, -0.05) is 17.7 Å². The van der Waals surface area contributed by atoms with Crippen LogP contribution in [0.1, 0.15) is 39.6 Å². The highest BCUT2D eigenvalue weighted by Gasteiger charge is 2.27. The summed E-state index contributed by atoms with van der Waals surface area (Å²) in [6, 6.07) is 4.98. The fourth-order valence-electron chi connectivity index (χ4n) is 3.08. The van der Waals surface area contributed by atoms with Gasteiger partial charge in [-0.25, -0.2) is 4.98 Å². The number of carbonyl (C=O) groups is 2. The number of fused-ring (bicyclic) bond motifs is 1. The Morgan fingerprint density at radius 3 is 2.89 bits per heavy atom. The molecule has 0 aliphatic carbocycles. The van der Waals surface area contributed by atoms with Crippen molar-refractivity contribution in [3.8, 4) is 5.75 Å². The third-order valence-electron chi connectivity index (χ3n) is 4.35. The topological polar surface area (TPSA) is 85.2 Å². The lowest BCUT2D eigenvalue weighted by molar-refractivity contribution is 0.0952. The van der Waals surface area contributed by atoms with Crippen LogP contribution in [0.3, 0.4) is 0 Å². The van der Waals surface area contributed by atoms with Crippen molar-refractivity contribution in [1.29, 1.82) is 0 Å². The molecular formula is C19H21ClN4O3. The minimum Gasteiger partial charge on any atom is -0.495 e. The number of rotatable bonds is 6. The first kappa shape index (κ1) is 19.0. The number of nitrogens with zero attached hydrogens (tertiary/aromatic N) is 2. The number of ether oxygens (including phenoxy) is 1. The van der Waals surface area contributed by atoms with Crippen molar-refractivity contribution in [3.63, 3.8) is 0 Å². The van der Waals surface area contributed by atoms with Crippen LogP contribution in [0.15, 0.2) is 30.9 Å². The van der Waals surface area contributed by atoms with Crippen LogP contribution in [-0.4, -0.2) is 35.0 Å². The Morgan fingerprint density at radius 1 is 1.37 bits per heavy atom. The SMILES string of the molecule is C=CCNC(=O)c1nc(C(=O)Nc2ccc(OC)c(Cl)c2)n2c1CCCC2. The molecule has 27 heavy (non-hydrogen) atoms. The number of aromatic nitrogens is 2. The minimum atomic E-state index is -0.387. The predicted octanol–water partition coefficient (Wildman–Crippen LogP) is 3.05. The third-order valence-corrected chi connectivity index (χ3v) is 4.65. The van der Waals surface area contributed by atoms with Crippen molar-refractivity contribution in [2.75, 3.05) is 19.0 Å². The fourth-order valence-corrected chi connectivity index (χ4v) is 3.34. The Bertz CT molecular complexity index is 891. The van der Waals surface area contributed by atoms with Crippen LogP contribution in [-0.2, 0) is 13.0 Å². The lowest BCUT2D eigenvalue weighted by atomic mass is 10.1. The molecule has 2 heterocycles. The second-order valence-electron chi connectivity index (χ2n) is 6.14. The molecule has 0 radical (unpaired) electrons. The van der Waals surface area contributed by atoms with E-state index in [0.717, 1.165) is 18.5 Å². The Labute approximate surface area is 162 Å². The second-order valence-corrected chi connectivity index (χ2v) is 6.55. The largest absolute Gasteiger partial charge is 0.495 e. The average molecular weight is 389 g/mol. The highest BCUT2D eigenvalue weighted by Crippen LogP contribution is 2.28. The molecule has 1 aliphatic heterocycles. The van der Waals surface area contributed by atoms with Gasteiger partial charge in [0, 0.05) is 18.8 Å². The highest BCUT2D eigenvalue weighted by molar-refractivity contribution is 6.32. The molecule has 0 spiro atoms. The van der Waals surface area contributed by atoms with Gasteiger partial charge in [0.05, 0.1) is 17.8 Å². The van der Waals surface area contributed by atoms with Gasteiger partial charge < -0.3 is 19.9 Å². The molecule has 0 fully saturated rings. The van der Waals surface area contributed by atoms with Crippen LogP contribution in [0.25, 0.3) is 0 Å². The molecule has 0 atom stereocenters. The number of methoxy groups -OCH3 is 1. The molecule has 3 rings (SSSR count). The first-order valence-corrected chi connectivity index (χ1v) is 9.06. The normalized spacial score (nSPS) is 12.8. The number of anilines is 1. The van der Waals surface area contributed by atoms with E-state index in [1.807, 2.05) is 4.57 Å². The Kier molecular flexibility index (Phi) is 5.81. The van der Waals surface area contributed by atoms with E-state index in [4.69, 9.17) is 16.3 Å². The quantitative estimate of drug-likeness (QED) is 0.745. The van der Waals surface area contributed by atoms with Gasteiger partial charge in [-0.05, 0) is 37.5 Å². The van der Waals surface area contributed by atoms with Crippen molar-refractivity contribution in [2.24, 2.45) is 0 Å². The Hall–Kier alpha value is -2.80. The summed E-state index contributed by atoms with van der Waals surface area (Å²) in [6.07, 6.45) is 4.21. The number of halogens is 1. The Morgan fingerprint density at radius 2 is 2.19 bits per heavy atom. The summed E-state index contributed by atoms with van der Waals surface area (Å²) < 4.78 is 6.94. The van der Waals surface area contributed by atoms with Crippen LogP contribution < -0.4 is 15.4 Å². The molecule has 0 bridgehead atoms. The summed E-state index contributed by atoms with van der Waals surface area (Å²) in [6.45, 7) is 4.59. The zero-order valence-electron chi connectivity index (χ0n) is 15.0. The molecule has 2 aromatic rings. The minimum absolute atomic E-state index is 0.223. The number of nitrogens with one attached hydrogen (secondary N) is 2. The number of carbonyl (C=O) groups excluding carboxylic acids is 2. The molecular weight excluding hydrogens is 368 g/mol. The van der Waals surface area contributed by atoms with Crippen LogP contribution in [0.2, 0.25) is 5.02 Å². The van der Waals surface area contributed by atoms with Crippen molar-refractivity contribution in [3.05, 3.63) is 53.1 Å². The van der Waals surface area contributed by atoms with E-state index in [9.17, 15) is 9.59 Å². The maximum atomic E-state index is 12.8.